The molecule has 2 heterocycles. The van der Waals surface area contributed by atoms with Gasteiger partial charge in [0.15, 0.2) is 0 Å². The van der Waals surface area contributed by atoms with Gasteiger partial charge in [0.05, 0.1) is 22.3 Å². The summed E-state index contributed by atoms with van der Waals surface area (Å²) in [6.07, 6.45) is 1.39. The SMILES string of the molecule is Cc1nc2cccc(OC3CCN(C(=O)C(C)C)CC3)c2c(N)c1C(=O)O. The predicted octanol–water partition coefficient (Wildman–Crippen LogP) is 2.85. The van der Waals surface area contributed by atoms with Gasteiger partial charge in [0.2, 0.25) is 5.91 Å². The van der Waals surface area contributed by atoms with Crippen LogP contribution >= 0.6 is 0 Å². The number of nitrogen functional groups attached to an aromatic ring is 1. The van der Waals surface area contributed by atoms with Gasteiger partial charge in [0.1, 0.15) is 17.4 Å². The first-order valence-electron chi connectivity index (χ1n) is 9.17. The molecule has 1 aliphatic rings. The molecule has 1 amide bonds. The number of carboxylic acid groups (broad SMARTS) is 1. The van der Waals surface area contributed by atoms with Crippen molar-refractivity contribution in [3.05, 3.63) is 29.5 Å². The standard InChI is InChI=1S/C20H25N3O4/c1-11(2)19(24)23-9-7-13(8-10-23)27-15-6-4-5-14-17(15)18(21)16(20(25)26)12(3)22-14/h4-6,11,13H,7-10H2,1-3H3,(H2,21,22)(H,25,26). The van der Waals surface area contributed by atoms with Crippen LogP contribution in [-0.4, -0.2) is 46.1 Å². The van der Waals surface area contributed by atoms with Gasteiger partial charge in [-0.05, 0) is 19.1 Å². The van der Waals surface area contributed by atoms with Gasteiger partial charge in [-0.2, -0.15) is 0 Å². The second-order valence-electron chi connectivity index (χ2n) is 7.24. The summed E-state index contributed by atoms with van der Waals surface area (Å²) in [7, 11) is 0. The second kappa shape index (κ2) is 7.42. The van der Waals surface area contributed by atoms with Crippen molar-refractivity contribution in [2.75, 3.05) is 18.8 Å². The van der Waals surface area contributed by atoms with Crippen LogP contribution in [-0.2, 0) is 4.79 Å². The lowest BCUT2D eigenvalue weighted by molar-refractivity contribution is -0.136. The van der Waals surface area contributed by atoms with Crippen LogP contribution in [0.4, 0.5) is 5.69 Å². The van der Waals surface area contributed by atoms with E-state index in [0.717, 1.165) is 12.8 Å². The summed E-state index contributed by atoms with van der Waals surface area (Å²) in [5.74, 6) is -0.416. The van der Waals surface area contributed by atoms with E-state index in [2.05, 4.69) is 4.98 Å². The fourth-order valence-electron chi connectivity index (χ4n) is 3.55. The molecule has 7 nitrogen and oxygen atoms in total. The number of fused-ring (bicyclic) bond motifs is 1. The van der Waals surface area contributed by atoms with Crippen molar-refractivity contribution in [2.24, 2.45) is 5.92 Å². The van der Waals surface area contributed by atoms with Crippen molar-refractivity contribution in [1.29, 1.82) is 0 Å². The third kappa shape index (κ3) is 3.67. The maximum atomic E-state index is 12.1. The van der Waals surface area contributed by atoms with Crippen molar-refractivity contribution in [2.45, 2.75) is 39.7 Å². The van der Waals surface area contributed by atoms with Crippen LogP contribution in [0.1, 0.15) is 42.7 Å². The van der Waals surface area contributed by atoms with E-state index in [-0.39, 0.29) is 29.2 Å². The fraction of sp³-hybridized carbons (Fsp3) is 0.450. The van der Waals surface area contributed by atoms with Crippen molar-refractivity contribution in [3.8, 4) is 5.75 Å². The Labute approximate surface area is 158 Å². The number of nitrogens with zero attached hydrogens (tertiary/aromatic N) is 2. The van der Waals surface area contributed by atoms with E-state index in [4.69, 9.17) is 10.5 Å². The zero-order valence-electron chi connectivity index (χ0n) is 15.9. The molecule has 0 bridgehead atoms. The predicted molar refractivity (Wildman–Crippen MR) is 103 cm³/mol. The number of hydrogen-bond donors (Lipinski definition) is 2. The van der Waals surface area contributed by atoms with Gasteiger partial charge >= 0.3 is 5.97 Å². The number of pyridine rings is 1. The molecule has 1 aliphatic heterocycles. The molecule has 3 N–H and O–H groups in total. The normalized spacial score (nSPS) is 15.3. The first-order chi connectivity index (χ1) is 12.8. The lowest BCUT2D eigenvalue weighted by Gasteiger charge is -2.33. The van der Waals surface area contributed by atoms with Crippen LogP contribution in [0.25, 0.3) is 10.9 Å². The summed E-state index contributed by atoms with van der Waals surface area (Å²) in [6.45, 7) is 6.74. The molecule has 0 unspecified atom stereocenters. The number of rotatable bonds is 4. The van der Waals surface area contributed by atoms with Crippen molar-refractivity contribution in [1.82, 2.24) is 9.88 Å². The maximum Gasteiger partial charge on any atom is 0.339 e. The number of aryl methyl sites for hydroxylation is 1. The van der Waals surface area contributed by atoms with Crippen molar-refractivity contribution < 1.29 is 19.4 Å². The molecular weight excluding hydrogens is 346 g/mol. The molecule has 1 aromatic heterocycles. The lowest BCUT2D eigenvalue weighted by Crippen LogP contribution is -2.43. The number of carboxylic acids is 1. The minimum atomic E-state index is -1.10. The summed E-state index contributed by atoms with van der Waals surface area (Å²) >= 11 is 0. The molecule has 0 radical (unpaired) electrons. The summed E-state index contributed by atoms with van der Waals surface area (Å²) in [5.41, 5.74) is 7.34. The molecule has 7 heteroatoms. The van der Waals surface area contributed by atoms with Gasteiger partial charge in [-0.15, -0.1) is 0 Å². The van der Waals surface area contributed by atoms with Crippen LogP contribution in [0.2, 0.25) is 0 Å². The highest BCUT2D eigenvalue weighted by Gasteiger charge is 2.26. The molecule has 1 fully saturated rings. The first-order valence-corrected chi connectivity index (χ1v) is 9.17. The number of carbonyl (C=O) groups is 2. The molecule has 1 saturated heterocycles. The summed E-state index contributed by atoms with van der Waals surface area (Å²) in [6, 6.07) is 5.40. The number of nitrogens with two attached hydrogens (primary N) is 1. The Morgan fingerprint density at radius 3 is 2.56 bits per heavy atom. The largest absolute Gasteiger partial charge is 0.490 e. The minimum Gasteiger partial charge on any atom is -0.490 e. The smallest absolute Gasteiger partial charge is 0.339 e. The number of likely N-dealkylation sites (tertiary alicyclic amines) is 1. The summed E-state index contributed by atoms with van der Waals surface area (Å²) in [4.78, 5) is 29.9. The van der Waals surface area contributed by atoms with Crippen LogP contribution in [0.15, 0.2) is 18.2 Å². The molecule has 1 aromatic carbocycles. The lowest BCUT2D eigenvalue weighted by atomic mass is 10.0. The molecule has 3 rings (SSSR count). The highest BCUT2D eigenvalue weighted by atomic mass is 16.5. The highest BCUT2D eigenvalue weighted by Crippen LogP contribution is 2.34. The van der Waals surface area contributed by atoms with Crippen LogP contribution in [0.5, 0.6) is 5.75 Å². The van der Waals surface area contributed by atoms with E-state index >= 15 is 0 Å². The number of aromatic nitrogens is 1. The molecule has 144 valence electrons. The third-order valence-corrected chi connectivity index (χ3v) is 4.95. The minimum absolute atomic E-state index is 0.0101. The Kier molecular flexibility index (Phi) is 5.21. The number of amides is 1. The van der Waals surface area contributed by atoms with E-state index in [1.807, 2.05) is 24.8 Å². The van der Waals surface area contributed by atoms with E-state index in [0.29, 0.717) is 35.4 Å². The molecule has 0 spiro atoms. The Bertz CT molecular complexity index is 886. The molecule has 2 aromatic rings. The molecule has 0 atom stereocenters. The Morgan fingerprint density at radius 1 is 1.30 bits per heavy atom. The van der Waals surface area contributed by atoms with Gasteiger partial charge in [-0.3, -0.25) is 9.78 Å². The number of carbonyl (C=O) groups excluding carboxylic acids is 1. The number of anilines is 1. The van der Waals surface area contributed by atoms with Gasteiger partial charge in [0.25, 0.3) is 0 Å². The van der Waals surface area contributed by atoms with Gasteiger partial charge in [0, 0.05) is 31.8 Å². The van der Waals surface area contributed by atoms with Crippen LogP contribution in [0.3, 0.4) is 0 Å². The topological polar surface area (TPSA) is 106 Å². The zero-order chi connectivity index (χ0) is 19.7. The van der Waals surface area contributed by atoms with Gasteiger partial charge < -0.3 is 20.5 Å². The van der Waals surface area contributed by atoms with E-state index < -0.39 is 5.97 Å². The number of ether oxygens (including phenoxy) is 1. The summed E-state index contributed by atoms with van der Waals surface area (Å²) < 4.78 is 6.16. The van der Waals surface area contributed by atoms with Crippen LogP contribution < -0.4 is 10.5 Å². The van der Waals surface area contributed by atoms with Crippen molar-refractivity contribution >= 4 is 28.5 Å². The van der Waals surface area contributed by atoms with Crippen molar-refractivity contribution in [3.63, 3.8) is 0 Å². The number of hydrogen-bond acceptors (Lipinski definition) is 5. The third-order valence-electron chi connectivity index (χ3n) is 4.95. The Hall–Kier alpha value is -2.83. The average Bonchev–Trinajstić information content (AvgIpc) is 2.61. The second-order valence-corrected chi connectivity index (χ2v) is 7.24. The number of aromatic carboxylic acids is 1. The van der Waals surface area contributed by atoms with Crippen LogP contribution in [0, 0.1) is 12.8 Å². The van der Waals surface area contributed by atoms with E-state index in [1.54, 1.807) is 19.1 Å². The quantitative estimate of drug-likeness (QED) is 0.856. The Morgan fingerprint density at radius 2 is 1.96 bits per heavy atom. The number of benzene rings is 1. The monoisotopic (exact) mass is 371 g/mol. The zero-order valence-corrected chi connectivity index (χ0v) is 15.9. The maximum absolute atomic E-state index is 12.1. The van der Waals surface area contributed by atoms with E-state index in [1.165, 1.54) is 0 Å². The summed E-state index contributed by atoms with van der Waals surface area (Å²) in [5, 5.41) is 9.97. The van der Waals surface area contributed by atoms with Gasteiger partial charge in [-0.1, -0.05) is 19.9 Å². The molecule has 27 heavy (non-hydrogen) atoms. The first kappa shape index (κ1) is 18.9. The number of piperidine rings is 1. The molecule has 0 aliphatic carbocycles. The Balaban J connectivity index is 1.85. The fourth-order valence-corrected chi connectivity index (χ4v) is 3.55. The molecule has 0 saturated carbocycles. The van der Waals surface area contributed by atoms with Gasteiger partial charge in [-0.25, -0.2) is 4.79 Å². The highest BCUT2D eigenvalue weighted by molar-refractivity contribution is 6.06. The average molecular weight is 371 g/mol. The molecular formula is C20H25N3O4. The van der Waals surface area contributed by atoms with E-state index in [9.17, 15) is 14.7 Å².